The Morgan fingerprint density at radius 2 is 2.11 bits per heavy atom. The molecule has 2 atom stereocenters. The van der Waals surface area contributed by atoms with E-state index in [0.717, 1.165) is 12.0 Å². The Bertz CT molecular complexity index is 510. The van der Waals surface area contributed by atoms with Crippen LogP contribution in [-0.4, -0.2) is 10.9 Å². The van der Waals surface area contributed by atoms with Crippen LogP contribution in [0.4, 0.5) is 5.13 Å². The fourth-order valence-electron chi connectivity index (χ4n) is 2.10. The predicted molar refractivity (Wildman–Crippen MR) is 79.4 cm³/mol. The summed E-state index contributed by atoms with van der Waals surface area (Å²) in [6.07, 6.45) is 2.66. The van der Waals surface area contributed by atoms with Crippen LogP contribution in [0.2, 0.25) is 0 Å². The third kappa shape index (κ3) is 3.41. The zero-order valence-electron chi connectivity index (χ0n) is 11.2. The van der Waals surface area contributed by atoms with E-state index in [0.29, 0.717) is 11.0 Å². The number of carbonyl (C=O) groups excluding carboxylic acids is 1. The first-order valence-corrected chi connectivity index (χ1v) is 7.35. The molecule has 19 heavy (non-hydrogen) atoms. The van der Waals surface area contributed by atoms with E-state index in [9.17, 15) is 4.79 Å². The smallest absolute Gasteiger partial charge is 0.233 e. The summed E-state index contributed by atoms with van der Waals surface area (Å²) in [5, 5.41) is 5.42. The monoisotopic (exact) mass is 274 g/mol. The Morgan fingerprint density at radius 3 is 2.68 bits per heavy atom. The van der Waals surface area contributed by atoms with Gasteiger partial charge in [0.1, 0.15) is 0 Å². The highest BCUT2D eigenvalue weighted by atomic mass is 32.1. The van der Waals surface area contributed by atoms with Crippen molar-refractivity contribution in [3.8, 4) is 0 Å². The average Bonchev–Trinajstić information content (AvgIpc) is 2.93. The second kappa shape index (κ2) is 6.48. The van der Waals surface area contributed by atoms with Gasteiger partial charge in [0, 0.05) is 11.6 Å². The predicted octanol–water partition coefficient (Wildman–Crippen LogP) is 3.91. The molecule has 0 radical (unpaired) electrons. The molecule has 1 aromatic heterocycles. The largest absolute Gasteiger partial charge is 0.301 e. The van der Waals surface area contributed by atoms with Crippen molar-refractivity contribution in [3.63, 3.8) is 0 Å². The van der Waals surface area contributed by atoms with Crippen LogP contribution in [0.25, 0.3) is 0 Å². The number of rotatable bonds is 5. The number of amides is 1. The van der Waals surface area contributed by atoms with Crippen molar-refractivity contribution in [1.82, 2.24) is 4.98 Å². The van der Waals surface area contributed by atoms with Crippen LogP contribution in [0.5, 0.6) is 0 Å². The first-order valence-electron chi connectivity index (χ1n) is 6.47. The second-order valence-corrected chi connectivity index (χ2v) is 5.49. The number of nitrogens with one attached hydrogen (secondary N) is 1. The van der Waals surface area contributed by atoms with Gasteiger partial charge >= 0.3 is 0 Å². The van der Waals surface area contributed by atoms with Crippen LogP contribution in [-0.2, 0) is 4.79 Å². The molecule has 100 valence electrons. The Kier molecular flexibility index (Phi) is 4.68. The highest BCUT2D eigenvalue weighted by Gasteiger charge is 2.26. The van der Waals surface area contributed by atoms with Gasteiger partial charge in [0.15, 0.2) is 5.13 Å². The van der Waals surface area contributed by atoms with Crippen LogP contribution in [0, 0.1) is 5.92 Å². The summed E-state index contributed by atoms with van der Waals surface area (Å²) in [5.41, 5.74) is 1.06. The molecule has 3 nitrogen and oxygen atoms in total. The molecular formula is C15H18N2OS. The van der Waals surface area contributed by atoms with Crippen molar-refractivity contribution in [2.45, 2.75) is 26.2 Å². The molecule has 0 saturated carbocycles. The number of benzene rings is 1. The number of carbonyl (C=O) groups is 1. The minimum atomic E-state index is -0.130. The SMILES string of the molecule is CC[C@@H](C)[C@@H](C(=O)Nc1nccs1)c1ccccc1. The minimum absolute atomic E-state index is 0.0236. The lowest BCUT2D eigenvalue weighted by atomic mass is 9.85. The van der Waals surface area contributed by atoms with E-state index in [1.54, 1.807) is 6.20 Å². The summed E-state index contributed by atoms with van der Waals surface area (Å²) in [6, 6.07) is 9.94. The first-order chi connectivity index (χ1) is 9.22. The number of hydrogen-bond donors (Lipinski definition) is 1. The molecule has 0 unspecified atom stereocenters. The van der Waals surface area contributed by atoms with Gasteiger partial charge in [0.25, 0.3) is 0 Å². The van der Waals surface area contributed by atoms with Crippen LogP contribution in [0.1, 0.15) is 31.7 Å². The third-order valence-corrected chi connectivity index (χ3v) is 4.01. The van der Waals surface area contributed by atoms with E-state index >= 15 is 0 Å². The molecule has 0 saturated heterocycles. The zero-order chi connectivity index (χ0) is 13.7. The van der Waals surface area contributed by atoms with Gasteiger partial charge in [-0.2, -0.15) is 0 Å². The van der Waals surface area contributed by atoms with Crippen LogP contribution in [0.15, 0.2) is 41.9 Å². The standard InChI is InChI=1S/C15H18N2OS/c1-3-11(2)13(12-7-5-4-6-8-12)14(18)17-15-16-9-10-19-15/h4-11,13H,3H2,1-2H3,(H,16,17,18)/t11-,13-/m1/s1. The van der Waals surface area contributed by atoms with Crippen molar-refractivity contribution in [3.05, 3.63) is 47.5 Å². The molecule has 0 aliphatic heterocycles. The van der Waals surface area contributed by atoms with E-state index in [1.165, 1.54) is 11.3 Å². The zero-order valence-corrected chi connectivity index (χ0v) is 12.0. The van der Waals surface area contributed by atoms with Gasteiger partial charge < -0.3 is 5.32 Å². The summed E-state index contributed by atoms with van der Waals surface area (Å²) < 4.78 is 0. The molecule has 1 N–H and O–H groups in total. The fraction of sp³-hybridized carbons (Fsp3) is 0.333. The van der Waals surface area contributed by atoms with E-state index in [-0.39, 0.29) is 11.8 Å². The number of anilines is 1. The number of aromatic nitrogens is 1. The van der Waals surface area contributed by atoms with E-state index in [1.807, 2.05) is 35.7 Å². The molecule has 1 heterocycles. The average molecular weight is 274 g/mol. The van der Waals surface area contributed by atoms with E-state index < -0.39 is 0 Å². The lowest BCUT2D eigenvalue weighted by molar-refractivity contribution is -0.118. The highest BCUT2D eigenvalue weighted by Crippen LogP contribution is 2.28. The topological polar surface area (TPSA) is 42.0 Å². The molecule has 2 rings (SSSR count). The fourth-order valence-corrected chi connectivity index (χ4v) is 2.63. The molecule has 1 amide bonds. The Balaban J connectivity index is 2.20. The lowest BCUT2D eigenvalue weighted by Crippen LogP contribution is -2.26. The first kappa shape index (κ1) is 13.7. The Morgan fingerprint density at radius 1 is 1.37 bits per heavy atom. The van der Waals surface area contributed by atoms with E-state index in [4.69, 9.17) is 0 Å². The highest BCUT2D eigenvalue weighted by molar-refractivity contribution is 7.13. The van der Waals surface area contributed by atoms with Gasteiger partial charge in [-0.1, -0.05) is 50.6 Å². The number of hydrogen-bond acceptors (Lipinski definition) is 3. The number of nitrogens with zero attached hydrogens (tertiary/aromatic N) is 1. The number of thiazole rings is 1. The van der Waals surface area contributed by atoms with Gasteiger partial charge in [-0.15, -0.1) is 11.3 Å². The van der Waals surface area contributed by atoms with Crippen LogP contribution in [0.3, 0.4) is 0 Å². The molecule has 0 spiro atoms. The van der Waals surface area contributed by atoms with Crippen LogP contribution >= 0.6 is 11.3 Å². The maximum atomic E-state index is 12.5. The molecule has 1 aromatic carbocycles. The molecule has 2 aromatic rings. The normalized spacial score (nSPS) is 13.8. The molecular weight excluding hydrogens is 256 g/mol. The van der Waals surface area contributed by atoms with Gasteiger partial charge in [-0.3, -0.25) is 4.79 Å². The van der Waals surface area contributed by atoms with Crippen molar-refractivity contribution in [1.29, 1.82) is 0 Å². The maximum Gasteiger partial charge on any atom is 0.233 e. The van der Waals surface area contributed by atoms with Gasteiger partial charge in [-0.05, 0) is 11.5 Å². The summed E-state index contributed by atoms with van der Waals surface area (Å²) in [4.78, 5) is 16.6. The van der Waals surface area contributed by atoms with Crippen molar-refractivity contribution in [2.24, 2.45) is 5.92 Å². The molecule has 0 aliphatic carbocycles. The van der Waals surface area contributed by atoms with Crippen molar-refractivity contribution in [2.75, 3.05) is 5.32 Å². The van der Waals surface area contributed by atoms with Gasteiger partial charge in [0.05, 0.1) is 5.92 Å². The summed E-state index contributed by atoms with van der Waals surface area (Å²) in [7, 11) is 0. The Labute approximate surface area is 117 Å². The summed E-state index contributed by atoms with van der Waals surface area (Å²) in [5.74, 6) is 0.188. The van der Waals surface area contributed by atoms with E-state index in [2.05, 4.69) is 24.1 Å². The van der Waals surface area contributed by atoms with Gasteiger partial charge in [-0.25, -0.2) is 4.98 Å². The van der Waals surface area contributed by atoms with Crippen LogP contribution < -0.4 is 5.32 Å². The second-order valence-electron chi connectivity index (χ2n) is 4.60. The lowest BCUT2D eigenvalue weighted by Gasteiger charge is -2.22. The van der Waals surface area contributed by atoms with Gasteiger partial charge in [0.2, 0.25) is 5.91 Å². The van der Waals surface area contributed by atoms with Crippen molar-refractivity contribution < 1.29 is 4.79 Å². The maximum absolute atomic E-state index is 12.5. The third-order valence-electron chi connectivity index (χ3n) is 3.32. The minimum Gasteiger partial charge on any atom is -0.301 e. The molecule has 0 bridgehead atoms. The Hall–Kier alpha value is -1.68. The van der Waals surface area contributed by atoms with Crippen molar-refractivity contribution >= 4 is 22.4 Å². The summed E-state index contributed by atoms with van der Waals surface area (Å²) >= 11 is 1.44. The quantitative estimate of drug-likeness (QED) is 0.898. The molecule has 0 fully saturated rings. The summed E-state index contributed by atoms with van der Waals surface area (Å²) in [6.45, 7) is 4.22. The molecule has 0 aliphatic rings. The molecule has 4 heteroatoms.